The lowest BCUT2D eigenvalue weighted by Gasteiger charge is -2.12. The molecule has 3 aromatic heterocycles. The van der Waals surface area contributed by atoms with Crippen LogP contribution < -0.4 is 10.6 Å². The van der Waals surface area contributed by atoms with E-state index in [9.17, 15) is 0 Å². The molecule has 0 radical (unpaired) electrons. The third-order valence-corrected chi connectivity index (χ3v) is 5.47. The van der Waals surface area contributed by atoms with Crippen molar-refractivity contribution in [1.29, 1.82) is 0 Å². The molecule has 5 heterocycles. The van der Waals surface area contributed by atoms with Gasteiger partial charge in [0.1, 0.15) is 0 Å². The molecule has 6 rings (SSSR count). The van der Waals surface area contributed by atoms with Crippen molar-refractivity contribution in [2.45, 2.75) is 19.6 Å². The summed E-state index contributed by atoms with van der Waals surface area (Å²) in [5.74, 6) is 0.805. The summed E-state index contributed by atoms with van der Waals surface area (Å²) in [5, 5.41) is 11.5. The zero-order valence-corrected chi connectivity index (χ0v) is 15.9. The molecule has 29 heavy (non-hydrogen) atoms. The summed E-state index contributed by atoms with van der Waals surface area (Å²) in [6.07, 6.45) is 6.76. The first-order chi connectivity index (χ1) is 14.2. The Kier molecular flexibility index (Phi) is 3.51. The molecule has 0 aliphatic carbocycles. The highest BCUT2D eigenvalue weighted by Gasteiger charge is 2.16. The van der Waals surface area contributed by atoms with E-state index in [2.05, 4.69) is 57.8 Å². The van der Waals surface area contributed by atoms with Crippen molar-refractivity contribution in [2.24, 2.45) is 0 Å². The summed E-state index contributed by atoms with van der Waals surface area (Å²) in [7, 11) is 0. The standard InChI is InChI=1S/C22H20N6O/c1-14-8-16-3-2-15(9-19(16)24-14)17-10-20(22-23-4-5-27(22)12-17)25-21-11-18-13-29-7-6-28(18)26-21/h2-5,9-12,24H,1,6-8,13H2,(H,25,26). The molecule has 0 fully saturated rings. The van der Waals surface area contributed by atoms with Crippen LogP contribution in [0.15, 0.2) is 61.2 Å². The number of anilines is 3. The number of benzene rings is 1. The van der Waals surface area contributed by atoms with Crippen LogP contribution in [0.1, 0.15) is 11.3 Å². The second-order valence-electron chi connectivity index (χ2n) is 7.50. The number of ether oxygens (including phenoxy) is 1. The molecule has 7 heteroatoms. The molecule has 0 amide bonds. The number of aromatic nitrogens is 4. The second-order valence-corrected chi connectivity index (χ2v) is 7.50. The first kappa shape index (κ1) is 16.4. The van der Waals surface area contributed by atoms with Gasteiger partial charge in [0, 0.05) is 48.0 Å². The van der Waals surface area contributed by atoms with Gasteiger partial charge in [0.25, 0.3) is 0 Å². The molecule has 144 valence electrons. The lowest BCUT2D eigenvalue weighted by molar-refractivity contribution is 0.0801. The van der Waals surface area contributed by atoms with Gasteiger partial charge in [-0.1, -0.05) is 18.7 Å². The van der Waals surface area contributed by atoms with Crippen molar-refractivity contribution < 1.29 is 4.74 Å². The zero-order valence-electron chi connectivity index (χ0n) is 15.9. The molecule has 0 bridgehead atoms. The average Bonchev–Trinajstić information content (AvgIpc) is 3.43. The maximum Gasteiger partial charge on any atom is 0.160 e. The fourth-order valence-electron chi connectivity index (χ4n) is 4.07. The van der Waals surface area contributed by atoms with Crippen LogP contribution in [0.5, 0.6) is 0 Å². The van der Waals surface area contributed by atoms with E-state index in [0.717, 1.165) is 58.3 Å². The first-order valence-electron chi connectivity index (χ1n) is 9.69. The molecule has 1 aromatic carbocycles. The molecule has 0 spiro atoms. The third kappa shape index (κ3) is 2.78. The Balaban J connectivity index is 1.41. The molecule has 2 aliphatic rings. The van der Waals surface area contributed by atoms with E-state index in [-0.39, 0.29) is 0 Å². The number of imidazole rings is 1. The van der Waals surface area contributed by atoms with Crippen LogP contribution in [0.3, 0.4) is 0 Å². The van der Waals surface area contributed by atoms with Crippen LogP contribution in [0.2, 0.25) is 0 Å². The number of fused-ring (bicyclic) bond motifs is 3. The average molecular weight is 384 g/mol. The van der Waals surface area contributed by atoms with Crippen LogP contribution in [0, 0.1) is 0 Å². The Labute approximate surface area is 167 Å². The Hall–Kier alpha value is -3.58. The van der Waals surface area contributed by atoms with Crippen LogP contribution in [-0.4, -0.2) is 25.8 Å². The Morgan fingerprint density at radius 3 is 3.07 bits per heavy atom. The smallest absolute Gasteiger partial charge is 0.160 e. The van der Waals surface area contributed by atoms with Crippen LogP contribution in [0.25, 0.3) is 16.8 Å². The molecule has 0 saturated heterocycles. The number of rotatable bonds is 3. The molecule has 0 saturated carbocycles. The van der Waals surface area contributed by atoms with Crippen molar-refractivity contribution in [2.75, 3.05) is 17.2 Å². The number of hydrogen-bond donors (Lipinski definition) is 2. The van der Waals surface area contributed by atoms with Crippen molar-refractivity contribution in [1.82, 2.24) is 19.2 Å². The fourth-order valence-corrected chi connectivity index (χ4v) is 4.07. The largest absolute Gasteiger partial charge is 0.373 e. The summed E-state index contributed by atoms with van der Waals surface area (Å²) in [5.41, 5.74) is 8.57. The summed E-state index contributed by atoms with van der Waals surface area (Å²) in [6, 6.07) is 10.7. The molecular weight excluding hydrogens is 364 g/mol. The highest BCUT2D eigenvalue weighted by molar-refractivity contribution is 5.81. The first-order valence-corrected chi connectivity index (χ1v) is 9.69. The summed E-state index contributed by atoms with van der Waals surface area (Å²) < 4.78 is 9.56. The van der Waals surface area contributed by atoms with Crippen molar-refractivity contribution >= 4 is 22.8 Å². The summed E-state index contributed by atoms with van der Waals surface area (Å²) in [6.45, 7) is 6.12. The predicted molar refractivity (Wildman–Crippen MR) is 112 cm³/mol. The van der Waals surface area contributed by atoms with Crippen molar-refractivity contribution in [3.8, 4) is 11.1 Å². The SMILES string of the molecule is C=C1Cc2ccc(-c3cc(Nc4cc5n(n4)CCOC5)c4nccn4c3)cc2N1. The Morgan fingerprint density at radius 2 is 2.14 bits per heavy atom. The van der Waals surface area contributed by atoms with E-state index in [1.54, 1.807) is 0 Å². The van der Waals surface area contributed by atoms with Crippen LogP contribution in [0.4, 0.5) is 17.2 Å². The van der Waals surface area contributed by atoms with Gasteiger partial charge in [-0.2, -0.15) is 5.10 Å². The van der Waals surface area contributed by atoms with E-state index >= 15 is 0 Å². The van der Waals surface area contributed by atoms with E-state index in [1.165, 1.54) is 5.56 Å². The molecule has 2 N–H and O–H groups in total. The van der Waals surface area contributed by atoms with Crippen molar-refractivity contribution in [3.63, 3.8) is 0 Å². The van der Waals surface area contributed by atoms with Gasteiger partial charge in [0.2, 0.25) is 0 Å². The number of allylic oxidation sites excluding steroid dienone is 1. The summed E-state index contributed by atoms with van der Waals surface area (Å²) >= 11 is 0. The molecule has 4 aromatic rings. The highest BCUT2D eigenvalue weighted by Crippen LogP contribution is 2.34. The molecule has 0 unspecified atom stereocenters. The van der Waals surface area contributed by atoms with Crippen molar-refractivity contribution in [3.05, 3.63) is 72.5 Å². The van der Waals surface area contributed by atoms with E-state index in [1.807, 2.05) is 27.5 Å². The highest BCUT2D eigenvalue weighted by atomic mass is 16.5. The van der Waals surface area contributed by atoms with Crippen LogP contribution >= 0.6 is 0 Å². The second kappa shape index (κ2) is 6.22. The number of hydrogen-bond acceptors (Lipinski definition) is 5. The van der Waals surface area contributed by atoms with Gasteiger partial charge in [-0.25, -0.2) is 4.98 Å². The summed E-state index contributed by atoms with van der Waals surface area (Å²) in [4.78, 5) is 4.52. The van der Waals surface area contributed by atoms with Gasteiger partial charge >= 0.3 is 0 Å². The quantitative estimate of drug-likeness (QED) is 0.560. The van der Waals surface area contributed by atoms with E-state index in [0.29, 0.717) is 13.2 Å². The third-order valence-electron chi connectivity index (χ3n) is 5.47. The van der Waals surface area contributed by atoms with Gasteiger partial charge in [0.05, 0.1) is 31.1 Å². The topological polar surface area (TPSA) is 68.4 Å². The Morgan fingerprint density at radius 1 is 1.17 bits per heavy atom. The predicted octanol–water partition coefficient (Wildman–Crippen LogP) is 3.95. The minimum absolute atomic E-state index is 0.598. The normalized spacial score (nSPS) is 15.2. The number of pyridine rings is 1. The maximum atomic E-state index is 5.52. The van der Waals surface area contributed by atoms with Gasteiger partial charge in [-0.05, 0) is 23.3 Å². The maximum absolute atomic E-state index is 5.52. The van der Waals surface area contributed by atoms with Crippen LogP contribution in [-0.2, 0) is 24.3 Å². The minimum atomic E-state index is 0.598. The van der Waals surface area contributed by atoms with E-state index in [4.69, 9.17) is 4.74 Å². The Bertz CT molecular complexity index is 1240. The molecular formula is C22H20N6O. The lowest BCUT2D eigenvalue weighted by atomic mass is 10.0. The molecule has 2 aliphatic heterocycles. The molecule has 7 nitrogen and oxygen atoms in total. The lowest BCUT2D eigenvalue weighted by Crippen LogP contribution is -2.16. The van der Waals surface area contributed by atoms with Gasteiger partial charge in [-0.3, -0.25) is 4.68 Å². The fraction of sp³-hybridized carbons (Fsp3) is 0.182. The number of nitrogens with one attached hydrogen (secondary N) is 2. The van der Waals surface area contributed by atoms with E-state index < -0.39 is 0 Å². The minimum Gasteiger partial charge on any atom is -0.373 e. The molecule has 0 atom stereocenters. The number of nitrogens with zero attached hydrogens (tertiary/aromatic N) is 4. The zero-order chi connectivity index (χ0) is 19.4. The van der Waals surface area contributed by atoms with Gasteiger partial charge in [-0.15, -0.1) is 0 Å². The van der Waals surface area contributed by atoms with Gasteiger partial charge in [0.15, 0.2) is 11.5 Å². The van der Waals surface area contributed by atoms with Gasteiger partial charge < -0.3 is 19.8 Å². The monoisotopic (exact) mass is 384 g/mol.